The molecular formula is C14H17N3O2. The highest BCUT2D eigenvalue weighted by atomic mass is 16.4. The van der Waals surface area contributed by atoms with Crippen molar-refractivity contribution >= 4 is 17.4 Å². The molecule has 0 bridgehead atoms. The van der Waals surface area contributed by atoms with Gasteiger partial charge in [-0.15, -0.1) is 0 Å². The van der Waals surface area contributed by atoms with Crippen LogP contribution < -0.4 is 5.32 Å². The third-order valence-corrected chi connectivity index (χ3v) is 3.95. The lowest BCUT2D eigenvalue weighted by molar-refractivity contribution is 0.0690. The zero-order valence-corrected chi connectivity index (χ0v) is 10.8. The number of aromatic carboxylic acids is 1. The lowest BCUT2D eigenvalue weighted by atomic mass is 9.80. The topological polar surface area (TPSA) is 66.6 Å². The Kier molecular flexibility index (Phi) is 2.89. The van der Waals surface area contributed by atoms with Crippen LogP contribution in [0.4, 0.5) is 5.82 Å². The molecule has 1 fully saturated rings. The summed E-state index contributed by atoms with van der Waals surface area (Å²) >= 11 is 0. The number of hydrogen-bond acceptors (Lipinski definition) is 3. The Labute approximate surface area is 111 Å². The average Bonchev–Trinajstić information content (AvgIpc) is 2.63. The molecular weight excluding hydrogens is 242 g/mol. The number of anilines is 1. The van der Waals surface area contributed by atoms with Crippen molar-refractivity contribution < 1.29 is 9.90 Å². The van der Waals surface area contributed by atoms with E-state index in [0.717, 1.165) is 0 Å². The van der Waals surface area contributed by atoms with Crippen LogP contribution in [0.25, 0.3) is 5.65 Å². The molecule has 2 heterocycles. The van der Waals surface area contributed by atoms with Gasteiger partial charge in [-0.3, -0.25) is 4.40 Å². The smallest absolute Gasteiger partial charge is 0.356 e. The first kappa shape index (κ1) is 12.0. The summed E-state index contributed by atoms with van der Waals surface area (Å²) in [4.78, 5) is 15.8. The fourth-order valence-electron chi connectivity index (χ4n) is 2.57. The Bertz CT molecular complexity index is 616. The molecule has 0 aliphatic heterocycles. The van der Waals surface area contributed by atoms with Gasteiger partial charge in [-0.2, -0.15) is 0 Å². The van der Waals surface area contributed by atoms with E-state index in [1.165, 1.54) is 19.3 Å². The molecule has 5 heteroatoms. The molecule has 2 N–H and O–H groups in total. The molecule has 0 saturated heterocycles. The number of fused-ring (bicyclic) bond motifs is 1. The number of imidazole rings is 1. The third-order valence-electron chi connectivity index (χ3n) is 3.95. The van der Waals surface area contributed by atoms with Crippen LogP contribution in [0.5, 0.6) is 0 Å². The van der Waals surface area contributed by atoms with E-state index in [9.17, 15) is 9.90 Å². The lowest BCUT2D eigenvalue weighted by Crippen LogP contribution is -2.31. The summed E-state index contributed by atoms with van der Waals surface area (Å²) in [7, 11) is 0. The molecule has 1 unspecified atom stereocenters. The predicted octanol–water partition coefficient (Wildman–Crippen LogP) is 2.63. The van der Waals surface area contributed by atoms with E-state index in [4.69, 9.17) is 0 Å². The summed E-state index contributed by atoms with van der Waals surface area (Å²) in [5, 5.41) is 12.6. The number of nitrogens with zero attached hydrogens (tertiary/aromatic N) is 2. The van der Waals surface area contributed by atoms with Crippen molar-refractivity contribution in [3.05, 3.63) is 30.1 Å². The summed E-state index contributed by atoms with van der Waals surface area (Å²) in [5.74, 6) is 0.145. The van der Waals surface area contributed by atoms with Crippen LogP contribution in [-0.2, 0) is 0 Å². The molecule has 0 radical (unpaired) electrons. The van der Waals surface area contributed by atoms with E-state index in [1.807, 2.05) is 12.1 Å². The monoisotopic (exact) mass is 259 g/mol. The summed E-state index contributed by atoms with van der Waals surface area (Å²) in [5.41, 5.74) is 0.866. The Hall–Kier alpha value is -2.04. The van der Waals surface area contributed by atoms with E-state index < -0.39 is 5.97 Å². The van der Waals surface area contributed by atoms with Gasteiger partial charge >= 0.3 is 5.97 Å². The molecule has 1 saturated carbocycles. The van der Waals surface area contributed by atoms with Gasteiger partial charge in [0, 0.05) is 12.2 Å². The van der Waals surface area contributed by atoms with Crippen molar-refractivity contribution in [3.8, 4) is 0 Å². The summed E-state index contributed by atoms with van der Waals surface area (Å²) in [6.07, 6.45) is 5.42. The second kappa shape index (κ2) is 4.57. The quantitative estimate of drug-likeness (QED) is 0.885. The van der Waals surface area contributed by atoms with Gasteiger partial charge in [-0.1, -0.05) is 12.5 Å². The van der Waals surface area contributed by atoms with Crippen LogP contribution in [0.2, 0.25) is 0 Å². The minimum Gasteiger partial charge on any atom is -0.476 e. The van der Waals surface area contributed by atoms with E-state index in [2.05, 4.69) is 17.2 Å². The Morgan fingerprint density at radius 1 is 1.53 bits per heavy atom. The molecule has 1 atom stereocenters. The molecule has 100 valence electrons. The predicted molar refractivity (Wildman–Crippen MR) is 72.6 cm³/mol. The minimum atomic E-state index is -0.956. The molecule has 1 aliphatic rings. The van der Waals surface area contributed by atoms with Crippen molar-refractivity contribution in [2.24, 2.45) is 5.92 Å². The standard InChI is InChI=1S/C14H17N3O2/c1-9(10-5-4-6-10)15-13-12(14(18)19)17-8-3-2-7-11(17)16-13/h2-3,7-10,15H,4-6H2,1H3,(H,18,19). The van der Waals surface area contributed by atoms with E-state index in [-0.39, 0.29) is 11.7 Å². The zero-order valence-electron chi connectivity index (χ0n) is 10.8. The van der Waals surface area contributed by atoms with Crippen LogP contribution >= 0.6 is 0 Å². The van der Waals surface area contributed by atoms with Gasteiger partial charge in [0.05, 0.1) is 0 Å². The highest BCUT2D eigenvalue weighted by Gasteiger charge is 2.26. The molecule has 5 nitrogen and oxygen atoms in total. The average molecular weight is 259 g/mol. The maximum Gasteiger partial charge on any atom is 0.356 e. The summed E-state index contributed by atoms with van der Waals surface area (Å²) in [6.45, 7) is 2.10. The highest BCUT2D eigenvalue weighted by Crippen LogP contribution is 2.31. The van der Waals surface area contributed by atoms with E-state index in [1.54, 1.807) is 16.7 Å². The molecule has 1 aliphatic carbocycles. The van der Waals surface area contributed by atoms with Crippen molar-refractivity contribution in [2.75, 3.05) is 5.32 Å². The van der Waals surface area contributed by atoms with Gasteiger partial charge in [0.2, 0.25) is 0 Å². The van der Waals surface area contributed by atoms with Crippen LogP contribution in [0.1, 0.15) is 36.7 Å². The molecule has 0 aromatic carbocycles. The number of aromatic nitrogens is 2. The number of carboxylic acid groups (broad SMARTS) is 1. The lowest BCUT2D eigenvalue weighted by Gasteiger charge is -2.32. The zero-order chi connectivity index (χ0) is 13.4. The molecule has 0 amide bonds. The fraction of sp³-hybridized carbons (Fsp3) is 0.429. The van der Waals surface area contributed by atoms with Crippen LogP contribution in [0, 0.1) is 5.92 Å². The van der Waals surface area contributed by atoms with E-state index >= 15 is 0 Å². The number of rotatable bonds is 4. The van der Waals surface area contributed by atoms with Crippen molar-refractivity contribution in [3.63, 3.8) is 0 Å². The fourth-order valence-corrected chi connectivity index (χ4v) is 2.57. The Balaban J connectivity index is 1.97. The largest absolute Gasteiger partial charge is 0.476 e. The number of carbonyl (C=O) groups is 1. The first-order valence-corrected chi connectivity index (χ1v) is 6.63. The Morgan fingerprint density at radius 3 is 2.95 bits per heavy atom. The first-order chi connectivity index (χ1) is 9.16. The SMILES string of the molecule is CC(Nc1nc2ccccn2c1C(=O)O)C1CCC1. The molecule has 3 rings (SSSR count). The number of pyridine rings is 1. The van der Waals surface area contributed by atoms with Crippen molar-refractivity contribution in [1.82, 2.24) is 9.38 Å². The second-order valence-corrected chi connectivity index (χ2v) is 5.17. The third kappa shape index (κ3) is 2.05. The highest BCUT2D eigenvalue weighted by molar-refractivity contribution is 5.93. The maximum atomic E-state index is 11.4. The van der Waals surface area contributed by atoms with E-state index in [0.29, 0.717) is 17.4 Å². The number of carboxylic acids is 1. The van der Waals surface area contributed by atoms with Gasteiger partial charge in [0.1, 0.15) is 5.65 Å². The van der Waals surface area contributed by atoms with Gasteiger partial charge in [-0.05, 0) is 37.8 Å². The normalized spacial score (nSPS) is 17.1. The first-order valence-electron chi connectivity index (χ1n) is 6.63. The molecule has 2 aromatic rings. The summed E-state index contributed by atoms with van der Waals surface area (Å²) in [6, 6.07) is 5.73. The van der Waals surface area contributed by atoms with Gasteiger partial charge in [-0.25, -0.2) is 9.78 Å². The second-order valence-electron chi connectivity index (χ2n) is 5.17. The van der Waals surface area contributed by atoms with Gasteiger partial charge < -0.3 is 10.4 Å². The molecule has 0 spiro atoms. The number of nitrogens with one attached hydrogen (secondary N) is 1. The molecule has 19 heavy (non-hydrogen) atoms. The van der Waals surface area contributed by atoms with Crippen LogP contribution in [0.15, 0.2) is 24.4 Å². The van der Waals surface area contributed by atoms with Gasteiger partial charge in [0.15, 0.2) is 11.5 Å². The van der Waals surface area contributed by atoms with Crippen LogP contribution in [0.3, 0.4) is 0 Å². The van der Waals surface area contributed by atoms with Crippen LogP contribution in [-0.4, -0.2) is 26.5 Å². The minimum absolute atomic E-state index is 0.210. The number of hydrogen-bond donors (Lipinski definition) is 2. The van der Waals surface area contributed by atoms with Gasteiger partial charge in [0.25, 0.3) is 0 Å². The van der Waals surface area contributed by atoms with Crippen molar-refractivity contribution in [2.45, 2.75) is 32.2 Å². The molecule has 2 aromatic heterocycles. The Morgan fingerprint density at radius 2 is 2.32 bits per heavy atom. The van der Waals surface area contributed by atoms with Crippen molar-refractivity contribution in [1.29, 1.82) is 0 Å². The summed E-state index contributed by atoms with van der Waals surface area (Å²) < 4.78 is 1.61. The maximum absolute atomic E-state index is 11.4.